The third-order valence-electron chi connectivity index (χ3n) is 11.2. The van der Waals surface area contributed by atoms with Gasteiger partial charge in [-0.15, -0.1) is 34.0 Å². The first-order valence-corrected chi connectivity index (χ1v) is 21.8. The van der Waals surface area contributed by atoms with Crippen molar-refractivity contribution in [2.75, 3.05) is 0 Å². The fraction of sp³-hybridized carbons (Fsp3) is 0. The molecule has 0 saturated carbocycles. The molecule has 0 saturated heterocycles. The van der Waals surface area contributed by atoms with Crippen LogP contribution in [0.3, 0.4) is 0 Å². The van der Waals surface area contributed by atoms with Gasteiger partial charge < -0.3 is 0 Å². The molecule has 0 aliphatic rings. The summed E-state index contributed by atoms with van der Waals surface area (Å²) in [7, 11) is 0. The van der Waals surface area contributed by atoms with Gasteiger partial charge in [-0.3, -0.25) is 0 Å². The van der Waals surface area contributed by atoms with Crippen molar-refractivity contribution < 1.29 is 0 Å². The maximum absolute atomic E-state index is 5.07. The fourth-order valence-electron chi connectivity index (χ4n) is 8.24. The summed E-state index contributed by atoms with van der Waals surface area (Å²) in [4.78, 5) is 15.2. The number of benzene rings is 9. The standard InChI is InChI=1S/C51H30BN3S3/c1-4-10-37-28-46-43(25-34(37)7-1)53-49(56-46)31-13-19-40(20-14-31)52(41-21-15-32(16-22-41)50-54-44-26-35-8-2-5-11-38(35)29-47(44)57-50)42-23-17-33(18-24-42)51-55-45-27-36-9-3-6-12-39(36)30-48(45)58-51/h1-30H. The molecule has 9 aromatic carbocycles. The molecular formula is C51H30BN3S3. The largest absolute Gasteiger partial charge is 0.241 e. The second kappa shape index (κ2) is 13.6. The van der Waals surface area contributed by atoms with Gasteiger partial charge in [0.15, 0.2) is 0 Å². The van der Waals surface area contributed by atoms with E-state index < -0.39 is 0 Å². The molecule has 12 aromatic rings. The molecule has 270 valence electrons. The molecular weight excluding hydrogens is 762 g/mol. The van der Waals surface area contributed by atoms with Crippen molar-refractivity contribution in [3.8, 4) is 31.7 Å². The van der Waals surface area contributed by atoms with Crippen LogP contribution in [0.25, 0.3) is 94.7 Å². The lowest BCUT2D eigenvalue weighted by atomic mass is 9.37. The molecule has 0 bridgehead atoms. The van der Waals surface area contributed by atoms with Gasteiger partial charge in [-0.1, -0.05) is 162 Å². The van der Waals surface area contributed by atoms with Gasteiger partial charge in [0.25, 0.3) is 0 Å². The Hall–Kier alpha value is -6.51. The monoisotopic (exact) mass is 791 g/mol. The minimum absolute atomic E-state index is 0.0270. The normalized spacial score (nSPS) is 11.8. The smallest absolute Gasteiger partial charge is 0.236 e. The van der Waals surface area contributed by atoms with Crippen LogP contribution in [0.4, 0.5) is 0 Å². The molecule has 7 heteroatoms. The molecule has 0 amide bonds. The molecule has 0 radical (unpaired) electrons. The van der Waals surface area contributed by atoms with E-state index in [1.807, 2.05) is 0 Å². The van der Waals surface area contributed by atoms with Crippen LogP contribution in [0.15, 0.2) is 182 Å². The van der Waals surface area contributed by atoms with Gasteiger partial charge in [-0.05, 0) is 68.7 Å². The van der Waals surface area contributed by atoms with Gasteiger partial charge in [0.2, 0.25) is 6.71 Å². The maximum atomic E-state index is 5.07. The Morgan fingerprint density at radius 1 is 0.293 bits per heavy atom. The third kappa shape index (κ3) is 5.90. The summed E-state index contributed by atoms with van der Waals surface area (Å²) in [5.41, 5.74) is 10.2. The number of hydrogen-bond donors (Lipinski definition) is 0. The van der Waals surface area contributed by atoms with Crippen LogP contribution < -0.4 is 16.4 Å². The highest BCUT2D eigenvalue weighted by Crippen LogP contribution is 2.35. The summed E-state index contributed by atoms with van der Waals surface area (Å²) in [5, 5.41) is 10.5. The second-order valence-electron chi connectivity index (χ2n) is 14.9. The second-order valence-corrected chi connectivity index (χ2v) is 17.9. The summed E-state index contributed by atoms with van der Waals surface area (Å²) >= 11 is 5.26. The van der Waals surface area contributed by atoms with Crippen LogP contribution in [0.5, 0.6) is 0 Å². The Labute approximate surface area is 346 Å². The summed E-state index contributed by atoms with van der Waals surface area (Å²) in [5.74, 6) is 0. The predicted octanol–water partition coefficient (Wildman–Crippen LogP) is 12.5. The highest BCUT2D eigenvalue weighted by atomic mass is 32.1. The van der Waals surface area contributed by atoms with E-state index in [9.17, 15) is 0 Å². The Kier molecular flexibility index (Phi) is 7.86. The number of aromatic nitrogens is 3. The number of hydrogen-bond acceptors (Lipinski definition) is 6. The first kappa shape index (κ1) is 33.6. The van der Waals surface area contributed by atoms with Gasteiger partial charge in [-0.2, -0.15) is 0 Å². The zero-order chi connectivity index (χ0) is 38.2. The minimum Gasteiger partial charge on any atom is -0.236 e. The quantitative estimate of drug-likeness (QED) is 0.157. The maximum Gasteiger partial charge on any atom is 0.241 e. The van der Waals surface area contributed by atoms with E-state index in [2.05, 4.69) is 182 Å². The molecule has 12 rings (SSSR count). The van der Waals surface area contributed by atoms with Crippen molar-refractivity contribution in [2.24, 2.45) is 0 Å². The molecule has 0 aliphatic carbocycles. The van der Waals surface area contributed by atoms with Gasteiger partial charge in [0.1, 0.15) is 15.0 Å². The first-order chi connectivity index (χ1) is 28.6. The summed E-state index contributed by atoms with van der Waals surface area (Å²) in [6.45, 7) is 0.0270. The van der Waals surface area contributed by atoms with Crippen molar-refractivity contribution in [2.45, 2.75) is 0 Å². The Bertz CT molecular complexity index is 2980. The highest BCUT2D eigenvalue weighted by molar-refractivity contribution is 7.22. The van der Waals surface area contributed by atoms with E-state index in [1.165, 1.54) is 62.8 Å². The van der Waals surface area contributed by atoms with Gasteiger partial charge in [0, 0.05) is 16.7 Å². The topological polar surface area (TPSA) is 38.7 Å². The minimum atomic E-state index is 0.0270. The third-order valence-corrected chi connectivity index (χ3v) is 14.4. The molecule has 3 heterocycles. The number of fused-ring (bicyclic) bond motifs is 6. The Morgan fingerprint density at radius 3 is 0.828 bits per heavy atom. The zero-order valence-corrected chi connectivity index (χ0v) is 33.4. The Balaban J connectivity index is 0.911. The van der Waals surface area contributed by atoms with E-state index in [-0.39, 0.29) is 6.71 Å². The summed E-state index contributed by atoms with van der Waals surface area (Å²) < 4.78 is 3.62. The van der Waals surface area contributed by atoms with Crippen molar-refractivity contribution >= 4 is 120 Å². The summed E-state index contributed by atoms with van der Waals surface area (Å²) in [6, 6.07) is 66.0. The fourth-order valence-corrected chi connectivity index (χ4v) is 11.2. The van der Waals surface area contributed by atoms with Crippen LogP contribution in [0.2, 0.25) is 0 Å². The van der Waals surface area contributed by atoms with E-state index in [0.29, 0.717) is 0 Å². The molecule has 0 atom stereocenters. The molecule has 0 N–H and O–H groups in total. The van der Waals surface area contributed by atoms with E-state index in [4.69, 9.17) is 15.0 Å². The number of nitrogens with zero attached hydrogens (tertiary/aromatic N) is 3. The lowest BCUT2D eigenvalue weighted by molar-refractivity contribution is 1.48. The van der Waals surface area contributed by atoms with Gasteiger partial charge in [-0.25, -0.2) is 15.0 Å². The Morgan fingerprint density at radius 2 is 0.552 bits per heavy atom. The highest BCUT2D eigenvalue weighted by Gasteiger charge is 2.23. The lowest BCUT2D eigenvalue weighted by Crippen LogP contribution is -2.51. The van der Waals surface area contributed by atoms with Crippen molar-refractivity contribution in [3.63, 3.8) is 0 Å². The molecule has 3 aromatic heterocycles. The molecule has 0 unspecified atom stereocenters. The summed E-state index contributed by atoms with van der Waals surface area (Å²) in [6.07, 6.45) is 0. The van der Waals surface area contributed by atoms with Crippen LogP contribution in [0, 0.1) is 0 Å². The lowest BCUT2D eigenvalue weighted by Gasteiger charge is -2.17. The van der Waals surface area contributed by atoms with Crippen LogP contribution in [0.1, 0.15) is 0 Å². The van der Waals surface area contributed by atoms with Crippen LogP contribution in [-0.2, 0) is 0 Å². The number of thiazole rings is 3. The van der Waals surface area contributed by atoms with Crippen molar-refractivity contribution in [1.29, 1.82) is 0 Å². The van der Waals surface area contributed by atoms with Crippen molar-refractivity contribution in [3.05, 3.63) is 182 Å². The SMILES string of the molecule is c1ccc2cc3sc(-c4ccc(B(c5ccc(-c6nc7cc8ccccc8cc7s6)cc5)c5ccc(-c6nc7cc8ccccc8cc7s6)cc5)cc4)nc3cc2c1. The van der Waals surface area contributed by atoms with Gasteiger partial charge in [0.05, 0.1) is 30.6 Å². The first-order valence-electron chi connectivity index (χ1n) is 19.3. The molecule has 0 spiro atoms. The average Bonchev–Trinajstić information content (AvgIpc) is 4.01. The molecule has 3 nitrogen and oxygen atoms in total. The van der Waals surface area contributed by atoms with Crippen LogP contribution >= 0.6 is 34.0 Å². The van der Waals surface area contributed by atoms with Gasteiger partial charge >= 0.3 is 0 Å². The molecule has 0 fully saturated rings. The number of rotatable bonds is 6. The van der Waals surface area contributed by atoms with E-state index >= 15 is 0 Å². The van der Waals surface area contributed by atoms with Crippen molar-refractivity contribution in [1.82, 2.24) is 15.0 Å². The average molecular weight is 792 g/mol. The zero-order valence-electron chi connectivity index (χ0n) is 31.0. The molecule has 0 aliphatic heterocycles. The van der Waals surface area contributed by atoms with E-state index in [1.54, 1.807) is 34.0 Å². The van der Waals surface area contributed by atoms with E-state index in [0.717, 1.165) is 48.3 Å². The molecule has 58 heavy (non-hydrogen) atoms. The predicted molar refractivity (Wildman–Crippen MR) is 252 cm³/mol. The van der Waals surface area contributed by atoms with Crippen LogP contribution in [-0.4, -0.2) is 21.7 Å².